The second-order valence-corrected chi connectivity index (χ2v) is 6.99. The molecule has 7 nitrogen and oxygen atoms in total. The molecule has 0 radical (unpaired) electrons. The minimum absolute atomic E-state index is 0.139. The van der Waals surface area contributed by atoms with Gasteiger partial charge in [-0.05, 0) is 25.8 Å². The average molecular weight is 336 g/mol. The van der Waals surface area contributed by atoms with E-state index in [9.17, 15) is 4.79 Å². The number of carbonyl (C=O) groups excluding carboxylic acids is 1. The molecule has 3 aromatic rings. The molecule has 0 N–H and O–H groups in total. The molecule has 2 bridgehead atoms. The maximum Gasteiger partial charge on any atom is 0.225 e. The van der Waals surface area contributed by atoms with Gasteiger partial charge in [-0.3, -0.25) is 9.48 Å². The maximum atomic E-state index is 12.9. The van der Waals surface area contributed by atoms with Crippen LogP contribution < -0.4 is 0 Å². The van der Waals surface area contributed by atoms with E-state index in [0.29, 0.717) is 13.0 Å². The highest BCUT2D eigenvalue weighted by Crippen LogP contribution is 2.43. The van der Waals surface area contributed by atoms with E-state index < -0.39 is 0 Å². The lowest BCUT2D eigenvalue weighted by Gasteiger charge is -2.36. The molecule has 128 valence electrons. The normalized spacial score (nSPS) is 21.7. The van der Waals surface area contributed by atoms with Crippen molar-refractivity contribution in [1.82, 2.24) is 29.3 Å². The molecule has 1 amide bonds. The number of hydrogen-bond acceptors (Lipinski definition) is 4. The van der Waals surface area contributed by atoms with Gasteiger partial charge in [-0.2, -0.15) is 10.2 Å². The molecule has 2 aliphatic heterocycles. The van der Waals surface area contributed by atoms with Crippen LogP contribution in [0.5, 0.6) is 0 Å². The number of aryl methyl sites for hydroxylation is 2. The number of fused-ring (bicyclic) bond motifs is 6. The van der Waals surface area contributed by atoms with Gasteiger partial charge in [0.1, 0.15) is 0 Å². The van der Waals surface area contributed by atoms with Crippen LogP contribution in [-0.2, 0) is 17.8 Å². The number of carbonyl (C=O) groups is 1. The van der Waals surface area contributed by atoms with Gasteiger partial charge in [-0.25, -0.2) is 9.50 Å². The second-order valence-electron chi connectivity index (χ2n) is 6.99. The van der Waals surface area contributed by atoms with Crippen molar-refractivity contribution in [3.63, 3.8) is 0 Å². The summed E-state index contributed by atoms with van der Waals surface area (Å²) in [4.78, 5) is 19.5. The summed E-state index contributed by atoms with van der Waals surface area (Å²) in [5, 5.41) is 8.79. The summed E-state index contributed by atoms with van der Waals surface area (Å²) in [6, 6.07) is 4.30. The molecule has 0 saturated carbocycles. The Morgan fingerprint density at radius 3 is 3.12 bits per heavy atom. The first-order valence-electron chi connectivity index (χ1n) is 8.83. The van der Waals surface area contributed by atoms with E-state index in [0.717, 1.165) is 36.2 Å². The average Bonchev–Trinajstić information content (AvgIpc) is 3.31. The summed E-state index contributed by atoms with van der Waals surface area (Å²) < 4.78 is 3.79. The Hall–Kier alpha value is -2.70. The van der Waals surface area contributed by atoms with Crippen LogP contribution in [0, 0.1) is 6.92 Å². The SMILES string of the molecule is Cc1cc2ncc3c(n2n1)C[C@H]1CC[C@@H]3N1C(=O)CCn1cccn1. The molecular weight excluding hydrogens is 316 g/mol. The van der Waals surface area contributed by atoms with E-state index in [4.69, 9.17) is 0 Å². The van der Waals surface area contributed by atoms with E-state index >= 15 is 0 Å². The van der Waals surface area contributed by atoms with Crippen molar-refractivity contribution in [1.29, 1.82) is 0 Å². The third kappa shape index (κ3) is 2.26. The smallest absolute Gasteiger partial charge is 0.225 e. The minimum atomic E-state index is 0.139. The Labute approximate surface area is 145 Å². The van der Waals surface area contributed by atoms with E-state index in [1.807, 2.05) is 40.6 Å². The molecule has 0 spiro atoms. The van der Waals surface area contributed by atoms with Crippen molar-refractivity contribution in [2.45, 2.75) is 51.2 Å². The summed E-state index contributed by atoms with van der Waals surface area (Å²) in [7, 11) is 0. The van der Waals surface area contributed by atoms with Crippen molar-refractivity contribution in [3.8, 4) is 0 Å². The molecule has 25 heavy (non-hydrogen) atoms. The van der Waals surface area contributed by atoms with Crippen molar-refractivity contribution >= 4 is 11.6 Å². The van der Waals surface area contributed by atoms with Gasteiger partial charge in [-0.15, -0.1) is 0 Å². The Balaban J connectivity index is 1.45. The fraction of sp³-hybridized carbons (Fsp3) is 0.444. The molecule has 1 saturated heterocycles. The first kappa shape index (κ1) is 14.6. The Morgan fingerprint density at radius 2 is 2.28 bits per heavy atom. The minimum Gasteiger partial charge on any atom is -0.332 e. The molecule has 2 atom stereocenters. The summed E-state index contributed by atoms with van der Waals surface area (Å²) in [5.74, 6) is 0.213. The van der Waals surface area contributed by atoms with Gasteiger partial charge in [0, 0.05) is 55.6 Å². The molecule has 2 aliphatic rings. The van der Waals surface area contributed by atoms with Gasteiger partial charge >= 0.3 is 0 Å². The lowest BCUT2D eigenvalue weighted by Crippen LogP contribution is -2.43. The standard InChI is InChI=1S/C18H20N6O/c1-12-9-17-19-11-14-15-4-3-13(10-16(14)24(17)21-12)23(15)18(25)5-8-22-7-2-6-20-22/h2,6-7,9,11,13,15H,3-5,8,10H2,1H3/t13-,15+/m1/s1. The summed E-state index contributed by atoms with van der Waals surface area (Å²) in [6.45, 7) is 2.62. The molecule has 1 fully saturated rings. The van der Waals surface area contributed by atoms with Crippen LogP contribution in [0.1, 0.15) is 42.3 Å². The van der Waals surface area contributed by atoms with E-state index in [1.54, 1.807) is 6.20 Å². The molecule has 3 aromatic heterocycles. The highest BCUT2D eigenvalue weighted by atomic mass is 16.2. The van der Waals surface area contributed by atoms with E-state index in [-0.39, 0.29) is 18.0 Å². The highest BCUT2D eigenvalue weighted by molar-refractivity contribution is 5.78. The Morgan fingerprint density at radius 1 is 1.36 bits per heavy atom. The quantitative estimate of drug-likeness (QED) is 0.733. The lowest BCUT2D eigenvalue weighted by atomic mass is 9.98. The van der Waals surface area contributed by atoms with E-state index in [2.05, 4.69) is 20.1 Å². The van der Waals surface area contributed by atoms with Crippen LogP contribution in [0.3, 0.4) is 0 Å². The monoisotopic (exact) mass is 336 g/mol. The fourth-order valence-corrected chi connectivity index (χ4v) is 4.35. The molecular formula is C18H20N6O. The number of nitrogens with zero attached hydrogens (tertiary/aromatic N) is 6. The summed E-state index contributed by atoms with van der Waals surface area (Å²) >= 11 is 0. The van der Waals surface area contributed by atoms with Crippen molar-refractivity contribution < 1.29 is 4.79 Å². The molecule has 5 heterocycles. The topological polar surface area (TPSA) is 68.3 Å². The zero-order valence-electron chi connectivity index (χ0n) is 14.2. The molecule has 0 aliphatic carbocycles. The summed E-state index contributed by atoms with van der Waals surface area (Å²) in [5.41, 5.74) is 4.26. The first-order valence-corrected chi connectivity index (χ1v) is 8.83. The third-order valence-electron chi connectivity index (χ3n) is 5.43. The van der Waals surface area contributed by atoms with Crippen LogP contribution in [0.25, 0.3) is 5.65 Å². The van der Waals surface area contributed by atoms with Crippen molar-refractivity contribution in [2.24, 2.45) is 0 Å². The van der Waals surface area contributed by atoms with Gasteiger partial charge < -0.3 is 4.90 Å². The maximum absolute atomic E-state index is 12.9. The van der Waals surface area contributed by atoms with Crippen LogP contribution in [-0.4, -0.2) is 41.2 Å². The second kappa shape index (κ2) is 5.40. The van der Waals surface area contributed by atoms with Crippen molar-refractivity contribution in [2.75, 3.05) is 0 Å². The zero-order valence-corrected chi connectivity index (χ0v) is 14.2. The first-order chi connectivity index (χ1) is 12.2. The van der Waals surface area contributed by atoms with Crippen LogP contribution in [0.2, 0.25) is 0 Å². The van der Waals surface area contributed by atoms with Crippen LogP contribution >= 0.6 is 0 Å². The highest BCUT2D eigenvalue weighted by Gasteiger charge is 2.43. The number of hydrogen-bond donors (Lipinski definition) is 0. The largest absolute Gasteiger partial charge is 0.332 e. The molecule has 0 unspecified atom stereocenters. The predicted molar refractivity (Wildman–Crippen MR) is 90.9 cm³/mol. The zero-order chi connectivity index (χ0) is 17.0. The number of aromatic nitrogens is 5. The van der Waals surface area contributed by atoms with Crippen LogP contribution in [0.15, 0.2) is 30.7 Å². The van der Waals surface area contributed by atoms with Gasteiger partial charge in [0.15, 0.2) is 5.65 Å². The lowest BCUT2D eigenvalue weighted by molar-refractivity contribution is -0.135. The van der Waals surface area contributed by atoms with Crippen molar-refractivity contribution in [3.05, 3.63) is 47.7 Å². The molecule has 7 heteroatoms. The predicted octanol–water partition coefficient (Wildman–Crippen LogP) is 1.91. The van der Waals surface area contributed by atoms with Gasteiger partial charge in [0.25, 0.3) is 0 Å². The Kier molecular flexibility index (Phi) is 3.16. The van der Waals surface area contributed by atoms with Crippen LogP contribution in [0.4, 0.5) is 0 Å². The van der Waals surface area contributed by atoms with Gasteiger partial charge in [-0.1, -0.05) is 0 Å². The fourth-order valence-electron chi connectivity index (χ4n) is 4.35. The van der Waals surface area contributed by atoms with Gasteiger partial charge in [0.2, 0.25) is 5.91 Å². The molecule has 5 rings (SSSR count). The van der Waals surface area contributed by atoms with Gasteiger partial charge in [0.05, 0.1) is 17.4 Å². The summed E-state index contributed by atoms with van der Waals surface area (Å²) in [6.07, 6.45) is 9.00. The van der Waals surface area contributed by atoms with E-state index in [1.165, 1.54) is 5.69 Å². The number of amides is 1. The molecule has 0 aromatic carbocycles. The third-order valence-corrected chi connectivity index (χ3v) is 5.43. The number of rotatable bonds is 3. The Bertz CT molecular complexity index is 944.